The second-order valence-corrected chi connectivity index (χ2v) is 6.47. The molecule has 0 N–H and O–H groups in total. The normalized spacial score (nSPS) is 12.2. The van der Waals surface area contributed by atoms with E-state index in [1.807, 2.05) is 43.0 Å². The summed E-state index contributed by atoms with van der Waals surface area (Å²) in [4.78, 5) is 24.0. The molecule has 0 heterocycles. The summed E-state index contributed by atoms with van der Waals surface area (Å²) < 4.78 is 5.48. The Labute approximate surface area is 164 Å². The number of ether oxygens (including phenoxy) is 1. The molecule has 1 atom stereocenters. The van der Waals surface area contributed by atoms with E-state index in [0.717, 1.165) is 5.69 Å². The molecule has 0 saturated carbocycles. The fraction of sp³-hybridized carbons (Fsp3) is 0.350. The van der Waals surface area contributed by atoms with Crippen molar-refractivity contribution in [2.24, 2.45) is 16.1 Å². The second-order valence-electron chi connectivity index (χ2n) is 6.47. The summed E-state index contributed by atoms with van der Waals surface area (Å²) in [5, 5.41) is 18.9. The van der Waals surface area contributed by atoms with Crippen molar-refractivity contribution in [2.75, 3.05) is 11.4 Å². The molecule has 2 aromatic rings. The molecular weight excluding hydrogens is 360 g/mol. The molecule has 0 amide bonds. The van der Waals surface area contributed by atoms with E-state index < -0.39 is 4.92 Å². The van der Waals surface area contributed by atoms with Crippen LogP contribution < -0.4 is 4.90 Å². The van der Waals surface area contributed by atoms with Crippen LogP contribution in [0, 0.1) is 16.0 Å². The Hall–Kier alpha value is -3.29. The van der Waals surface area contributed by atoms with E-state index >= 15 is 0 Å². The topological polar surface area (TPSA) is 97.4 Å². The summed E-state index contributed by atoms with van der Waals surface area (Å²) in [6, 6.07) is 13.2. The number of hydrogen-bond acceptors (Lipinski definition) is 7. The van der Waals surface area contributed by atoms with Crippen LogP contribution >= 0.6 is 0 Å². The lowest BCUT2D eigenvalue weighted by Gasteiger charge is -2.30. The smallest absolute Gasteiger partial charge is 0.310 e. The summed E-state index contributed by atoms with van der Waals surface area (Å²) in [5.41, 5.74) is 2.08. The van der Waals surface area contributed by atoms with Crippen molar-refractivity contribution in [1.82, 2.24) is 0 Å². The molecular formula is C20H24N4O4. The number of nitro benzene ring substituents is 1. The maximum Gasteiger partial charge on any atom is 0.310 e. The molecule has 0 aliphatic carbocycles. The molecule has 0 spiro atoms. The maximum atomic E-state index is 11.8. The first kappa shape index (κ1) is 21.0. The number of hydrogen-bond donors (Lipinski definition) is 0. The van der Waals surface area contributed by atoms with Gasteiger partial charge in [-0.2, -0.15) is 10.2 Å². The summed E-state index contributed by atoms with van der Waals surface area (Å²) in [5.74, 6) is -0.414. The highest BCUT2D eigenvalue weighted by Crippen LogP contribution is 2.25. The molecule has 1 unspecified atom stereocenters. The van der Waals surface area contributed by atoms with Crippen LogP contribution in [0.3, 0.4) is 0 Å². The second kappa shape index (κ2) is 9.59. The number of nitrogens with zero attached hydrogens (tertiary/aromatic N) is 4. The zero-order valence-electron chi connectivity index (χ0n) is 16.4. The van der Waals surface area contributed by atoms with Crippen LogP contribution in [-0.2, 0) is 9.53 Å². The number of carbonyl (C=O) groups is 1. The van der Waals surface area contributed by atoms with Gasteiger partial charge in [-0.3, -0.25) is 14.9 Å². The van der Waals surface area contributed by atoms with Crippen molar-refractivity contribution in [2.45, 2.75) is 33.9 Å². The molecule has 0 fully saturated rings. The molecule has 8 nitrogen and oxygen atoms in total. The minimum Gasteiger partial charge on any atom is -0.442 e. The Morgan fingerprint density at radius 3 is 1.96 bits per heavy atom. The zero-order valence-corrected chi connectivity index (χ0v) is 16.4. The van der Waals surface area contributed by atoms with Crippen LogP contribution in [0.5, 0.6) is 0 Å². The standard InChI is InChI=1S/C20H24N4O4/c1-5-23(15(4)28-20(25)14(2)3)18-10-6-16(7-11-18)21-22-17-8-12-19(13-9-17)24(26)27/h6-15H,5H2,1-4H3. The van der Waals surface area contributed by atoms with Gasteiger partial charge in [0.25, 0.3) is 5.69 Å². The fourth-order valence-corrected chi connectivity index (χ4v) is 2.48. The van der Waals surface area contributed by atoms with E-state index in [4.69, 9.17) is 4.74 Å². The zero-order chi connectivity index (χ0) is 20.7. The van der Waals surface area contributed by atoms with Crippen molar-refractivity contribution in [3.05, 3.63) is 58.6 Å². The quantitative estimate of drug-likeness (QED) is 0.200. The number of benzene rings is 2. The Morgan fingerprint density at radius 1 is 1.04 bits per heavy atom. The maximum absolute atomic E-state index is 11.8. The van der Waals surface area contributed by atoms with Crippen LogP contribution in [0.15, 0.2) is 58.8 Å². The van der Waals surface area contributed by atoms with Crippen molar-refractivity contribution in [3.63, 3.8) is 0 Å². The van der Waals surface area contributed by atoms with Gasteiger partial charge in [-0.25, -0.2) is 0 Å². The Kier molecular flexibility index (Phi) is 7.20. The Morgan fingerprint density at radius 2 is 1.54 bits per heavy atom. The highest BCUT2D eigenvalue weighted by molar-refractivity contribution is 5.72. The van der Waals surface area contributed by atoms with Crippen LogP contribution in [-0.4, -0.2) is 23.7 Å². The van der Waals surface area contributed by atoms with Gasteiger partial charge in [-0.1, -0.05) is 13.8 Å². The summed E-state index contributed by atoms with van der Waals surface area (Å²) in [6.07, 6.45) is -0.382. The van der Waals surface area contributed by atoms with Gasteiger partial charge >= 0.3 is 5.97 Å². The average molecular weight is 384 g/mol. The minimum absolute atomic E-state index is 0.00949. The fourth-order valence-electron chi connectivity index (χ4n) is 2.48. The molecule has 8 heteroatoms. The lowest BCUT2D eigenvalue weighted by Crippen LogP contribution is -2.37. The van der Waals surface area contributed by atoms with Gasteiger partial charge in [0, 0.05) is 24.4 Å². The number of rotatable bonds is 8. The first-order chi connectivity index (χ1) is 13.3. The van der Waals surface area contributed by atoms with Gasteiger partial charge in [-0.15, -0.1) is 0 Å². The van der Waals surface area contributed by atoms with Crippen molar-refractivity contribution >= 4 is 28.7 Å². The SMILES string of the molecule is CCN(c1ccc(N=Nc2ccc([N+](=O)[O-])cc2)cc1)C(C)OC(=O)C(C)C. The van der Waals surface area contributed by atoms with Crippen LogP contribution in [0.1, 0.15) is 27.7 Å². The van der Waals surface area contributed by atoms with Crippen LogP contribution in [0.25, 0.3) is 0 Å². The predicted molar refractivity (Wildman–Crippen MR) is 107 cm³/mol. The van der Waals surface area contributed by atoms with Gasteiger partial charge in [0.05, 0.1) is 22.2 Å². The molecule has 0 aliphatic rings. The molecule has 2 rings (SSSR count). The highest BCUT2D eigenvalue weighted by atomic mass is 16.6. The van der Waals surface area contributed by atoms with Gasteiger partial charge in [-0.05, 0) is 50.2 Å². The molecule has 28 heavy (non-hydrogen) atoms. The lowest BCUT2D eigenvalue weighted by atomic mass is 10.2. The van der Waals surface area contributed by atoms with Gasteiger partial charge in [0.2, 0.25) is 0 Å². The Bertz CT molecular complexity index is 832. The third-order valence-corrected chi connectivity index (χ3v) is 4.06. The third kappa shape index (κ3) is 5.60. The summed E-state index contributed by atoms with van der Waals surface area (Å²) >= 11 is 0. The minimum atomic E-state index is -0.460. The number of esters is 1. The van der Waals surface area contributed by atoms with Crippen molar-refractivity contribution in [1.29, 1.82) is 0 Å². The van der Waals surface area contributed by atoms with Crippen LogP contribution in [0.2, 0.25) is 0 Å². The molecule has 0 radical (unpaired) electrons. The first-order valence-electron chi connectivity index (χ1n) is 9.05. The van der Waals surface area contributed by atoms with Gasteiger partial charge < -0.3 is 9.64 Å². The van der Waals surface area contributed by atoms with E-state index in [9.17, 15) is 14.9 Å². The largest absolute Gasteiger partial charge is 0.442 e. The van der Waals surface area contributed by atoms with Crippen LogP contribution in [0.4, 0.5) is 22.7 Å². The number of non-ortho nitro benzene ring substituents is 1. The first-order valence-corrected chi connectivity index (χ1v) is 9.05. The summed E-state index contributed by atoms with van der Waals surface area (Å²) in [7, 11) is 0. The number of anilines is 1. The van der Waals surface area contributed by atoms with Crippen molar-refractivity contribution in [3.8, 4) is 0 Å². The third-order valence-electron chi connectivity index (χ3n) is 4.06. The molecule has 2 aromatic carbocycles. The van der Waals surface area contributed by atoms with Crippen molar-refractivity contribution < 1.29 is 14.5 Å². The lowest BCUT2D eigenvalue weighted by molar-refractivity contribution is -0.384. The number of nitro groups is 1. The predicted octanol–water partition coefficient (Wildman–Crippen LogP) is 5.38. The highest BCUT2D eigenvalue weighted by Gasteiger charge is 2.18. The number of azo groups is 1. The Balaban J connectivity index is 2.06. The average Bonchev–Trinajstić information content (AvgIpc) is 2.68. The molecule has 148 valence electrons. The van der Waals surface area contributed by atoms with E-state index in [2.05, 4.69) is 10.2 Å². The van der Waals surface area contributed by atoms with E-state index in [-0.39, 0.29) is 23.8 Å². The number of carbonyl (C=O) groups excluding carboxylic acids is 1. The molecule has 0 aromatic heterocycles. The van der Waals surface area contributed by atoms with Gasteiger partial charge in [0.1, 0.15) is 0 Å². The summed E-state index contributed by atoms with van der Waals surface area (Å²) in [6.45, 7) is 8.11. The molecule has 0 aliphatic heterocycles. The molecule has 0 bridgehead atoms. The monoisotopic (exact) mass is 384 g/mol. The molecule has 0 saturated heterocycles. The van der Waals surface area contributed by atoms with E-state index in [1.54, 1.807) is 26.0 Å². The van der Waals surface area contributed by atoms with E-state index in [1.165, 1.54) is 12.1 Å². The van der Waals surface area contributed by atoms with Gasteiger partial charge in [0.15, 0.2) is 6.23 Å². The van der Waals surface area contributed by atoms with E-state index in [0.29, 0.717) is 17.9 Å².